The summed E-state index contributed by atoms with van der Waals surface area (Å²) in [6.07, 6.45) is 6.52. The van der Waals surface area contributed by atoms with E-state index in [1.54, 1.807) is 0 Å². The Morgan fingerprint density at radius 2 is 2.06 bits per heavy atom. The molecule has 0 heterocycles. The lowest BCUT2D eigenvalue weighted by atomic mass is 9.86. The molecule has 2 nitrogen and oxygen atoms in total. The van der Waals surface area contributed by atoms with E-state index in [2.05, 4.69) is 42.3 Å². The van der Waals surface area contributed by atoms with Gasteiger partial charge in [-0.3, -0.25) is 11.3 Å². The molecule has 1 aliphatic rings. The second-order valence-corrected chi connectivity index (χ2v) is 4.61. The van der Waals surface area contributed by atoms with E-state index in [0.29, 0.717) is 6.04 Å². The highest BCUT2D eigenvalue weighted by atomic mass is 15.2. The van der Waals surface area contributed by atoms with Gasteiger partial charge in [0.05, 0.1) is 0 Å². The van der Waals surface area contributed by atoms with Crippen molar-refractivity contribution in [3.8, 4) is 0 Å². The number of hydrogen-bond donors (Lipinski definition) is 2. The summed E-state index contributed by atoms with van der Waals surface area (Å²) < 4.78 is 0. The van der Waals surface area contributed by atoms with E-state index in [4.69, 9.17) is 5.84 Å². The van der Waals surface area contributed by atoms with Crippen LogP contribution in [0.4, 0.5) is 0 Å². The van der Waals surface area contributed by atoms with Crippen LogP contribution < -0.4 is 11.3 Å². The summed E-state index contributed by atoms with van der Waals surface area (Å²) in [5.74, 6) is 5.69. The molecule has 1 unspecified atom stereocenters. The molecule has 0 amide bonds. The van der Waals surface area contributed by atoms with Crippen LogP contribution in [-0.2, 0) is 5.41 Å². The zero-order valence-electron chi connectivity index (χ0n) is 9.65. The Morgan fingerprint density at radius 1 is 1.38 bits per heavy atom. The number of rotatable bonds is 6. The van der Waals surface area contributed by atoms with Gasteiger partial charge < -0.3 is 0 Å². The van der Waals surface area contributed by atoms with E-state index >= 15 is 0 Å². The summed E-state index contributed by atoms with van der Waals surface area (Å²) >= 11 is 0. The lowest BCUT2D eigenvalue weighted by Crippen LogP contribution is -2.44. The maximum atomic E-state index is 5.69. The maximum Gasteiger partial charge on any atom is 0.0310 e. The van der Waals surface area contributed by atoms with Crippen LogP contribution in [0.1, 0.15) is 31.2 Å². The van der Waals surface area contributed by atoms with Crippen molar-refractivity contribution in [1.29, 1.82) is 0 Å². The zero-order valence-corrected chi connectivity index (χ0v) is 9.65. The van der Waals surface area contributed by atoms with Crippen molar-refractivity contribution < 1.29 is 0 Å². The number of hydrazine groups is 1. The lowest BCUT2D eigenvalue weighted by Gasteiger charge is -2.26. The monoisotopic (exact) mass is 216 g/mol. The topological polar surface area (TPSA) is 38.0 Å². The molecule has 3 N–H and O–H groups in total. The predicted molar refractivity (Wildman–Crippen MR) is 67.9 cm³/mol. The molecular weight excluding hydrogens is 196 g/mol. The lowest BCUT2D eigenvalue weighted by molar-refractivity contribution is 0.401. The fourth-order valence-electron chi connectivity index (χ4n) is 2.55. The normalized spacial score (nSPS) is 19.1. The van der Waals surface area contributed by atoms with Crippen molar-refractivity contribution in [3.05, 3.63) is 48.6 Å². The summed E-state index contributed by atoms with van der Waals surface area (Å²) in [5.41, 5.74) is 4.69. The summed E-state index contributed by atoms with van der Waals surface area (Å²) in [6.45, 7) is 3.77. The average molecular weight is 216 g/mol. The molecule has 2 rings (SSSR count). The average Bonchev–Trinajstić information content (AvgIpc) is 3.13. The molecule has 0 radical (unpaired) electrons. The minimum Gasteiger partial charge on any atom is -0.271 e. The minimum absolute atomic E-state index is 0.277. The van der Waals surface area contributed by atoms with Crippen LogP contribution in [-0.4, -0.2) is 6.04 Å². The van der Waals surface area contributed by atoms with E-state index in [0.717, 1.165) is 12.8 Å². The summed E-state index contributed by atoms with van der Waals surface area (Å²) in [5, 5.41) is 0. The molecule has 0 bridgehead atoms. The molecule has 86 valence electrons. The SMILES string of the molecule is C=CCCC(NN)C1(c2ccccc2)CC1. The first-order valence-electron chi connectivity index (χ1n) is 5.96. The molecule has 16 heavy (non-hydrogen) atoms. The first-order chi connectivity index (χ1) is 7.83. The molecule has 1 aromatic rings. The van der Waals surface area contributed by atoms with Crippen LogP contribution in [0.5, 0.6) is 0 Å². The molecule has 1 aromatic carbocycles. The van der Waals surface area contributed by atoms with Crippen LogP contribution in [0.2, 0.25) is 0 Å². The van der Waals surface area contributed by atoms with Gasteiger partial charge in [0.1, 0.15) is 0 Å². The van der Waals surface area contributed by atoms with Crippen LogP contribution >= 0.6 is 0 Å². The second-order valence-electron chi connectivity index (χ2n) is 4.61. The summed E-state index contributed by atoms with van der Waals surface area (Å²) in [7, 11) is 0. The number of hydrogen-bond acceptors (Lipinski definition) is 2. The Labute approximate surface area is 97.5 Å². The molecular formula is C14H20N2. The molecule has 0 aromatic heterocycles. The maximum absolute atomic E-state index is 5.69. The fraction of sp³-hybridized carbons (Fsp3) is 0.429. The van der Waals surface area contributed by atoms with Crippen molar-refractivity contribution in [2.45, 2.75) is 37.1 Å². The molecule has 1 aliphatic carbocycles. The van der Waals surface area contributed by atoms with Gasteiger partial charge in [0, 0.05) is 11.5 Å². The third-order valence-electron chi connectivity index (χ3n) is 3.67. The van der Waals surface area contributed by atoms with Crippen LogP contribution in [0, 0.1) is 0 Å². The number of nitrogens with two attached hydrogens (primary N) is 1. The highest BCUT2D eigenvalue weighted by Crippen LogP contribution is 2.51. The molecule has 0 aliphatic heterocycles. The largest absolute Gasteiger partial charge is 0.271 e. The van der Waals surface area contributed by atoms with Gasteiger partial charge in [-0.2, -0.15) is 0 Å². The summed E-state index contributed by atoms with van der Waals surface area (Å²) in [4.78, 5) is 0. The van der Waals surface area contributed by atoms with Crippen molar-refractivity contribution in [3.63, 3.8) is 0 Å². The Balaban J connectivity index is 2.14. The van der Waals surface area contributed by atoms with Crippen LogP contribution in [0.3, 0.4) is 0 Å². The highest BCUT2D eigenvalue weighted by Gasteiger charge is 2.49. The van der Waals surface area contributed by atoms with E-state index in [1.165, 1.54) is 18.4 Å². The molecule has 0 spiro atoms. The molecule has 0 saturated heterocycles. The van der Waals surface area contributed by atoms with Crippen molar-refractivity contribution in [2.24, 2.45) is 5.84 Å². The molecule has 1 atom stereocenters. The first-order valence-corrected chi connectivity index (χ1v) is 5.96. The van der Waals surface area contributed by atoms with E-state index < -0.39 is 0 Å². The Bertz CT molecular complexity index is 341. The third-order valence-corrected chi connectivity index (χ3v) is 3.67. The van der Waals surface area contributed by atoms with Crippen LogP contribution in [0.15, 0.2) is 43.0 Å². The second kappa shape index (κ2) is 4.81. The molecule has 1 saturated carbocycles. The van der Waals surface area contributed by atoms with E-state index in [-0.39, 0.29) is 5.41 Å². The van der Waals surface area contributed by atoms with Gasteiger partial charge in [0.2, 0.25) is 0 Å². The number of nitrogens with one attached hydrogen (secondary N) is 1. The van der Waals surface area contributed by atoms with Gasteiger partial charge in [-0.05, 0) is 31.2 Å². The molecule has 1 fully saturated rings. The Kier molecular flexibility index (Phi) is 3.42. The van der Waals surface area contributed by atoms with Gasteiger partial charge in [-0.15, -0.1) is 6.58 Å². The minimum atomic E-state index is 0.277. The van der Waals surface area contributed by atoms with Gasteiger partial charge in [-0.25, -0.2) is 0 Å². The highest BCUT2D eigenvalue weighted by molar-refractivity contribution is 5.33. The van der Waals surface area contributed by atoms with Gasteiger partial charge in [0.25, 0.3) is 0 Å². The number of benzene rings is 1. The third kappa shape index (κ3) is 2.04. The Hall–Kier alpha value is -1.12. The van der Waals surface area contributed by atoms with Crippen molar-refractivity contribution in [2.75, 3.05) is 0 Å². The molecule has 2 heteroatoms. The van der Waals surface area contributed by atoms with Crippen molar-refractivity contribution in [1.82, 2.24) is 5.43 Å². The van der Waals surface area contributed by atoms with Crippen LogP contribution in [0.25, 0.3) is 0 Å². The fourth-order valence-corrected chi connectivity index (χ4v) is 2.55. The number of allylic oxidation sites excluding steroid dienone is 1. The summed E-state index contributed by atoms with van der Waals surface area (Å²) in [6, 6.07) is 11.1. The van der Waals surface area contributed by atoms with Crippen molar-refractivity contribution >= 4 is 0 Å². The zero-order chi connectivity index (χ0) is 11.4. The standard InChI is InChI=1S/C14H20N2/c1-2-3-9-13(16-15)14(10-11-14)12-7-5-4-6-8-12/h2,4-8,13,16H,1,3,9-11,15H2. The first kappa shape index (κ1) is 11.4. The van der Waals surface area contributed by atoms with Gasteiger partial charge >= 0.3 is 0 Å². The smallest absolute Gasteiger partial charge is 0.0310 e. The quantitative estimate of drug-likeness (QED) is 0.435. The van der Waals surface area contributed by atoms with Gasteiger partial charge in [-0.1, -0.05) is 36.4 Å². The van der Waals surface area contributed by atoms with E-state index in [1.807, 2.05) is 6.08 Å². The van der Waals surface area contributed by atoms with Gasteiger partial charge in [0.15, 0.2) is 0 Å². The predicted octanol–water partition coefficient (Wildman–Crippen LogP) is 2.52. The van der Waals surface area contributed by atoms with E-state index in [9.17, 15) is 0 Å². The Morgan fingerprint density at radius 3 is 2.56 bits per heavy atom.